The lowest BCUT2D eigenvalue weighted by Gasteiger charge is -2.16. The van der Waals surface area contributed by atoms with Crippen LogP contribution >= 0.6 is 0 Å². The minimum atomic E-state index is -1.66. The summed E-state index contributed by atoms with van der Waals surface area (Å²) in [6.45, 7) is -0.452. The van der Waals surface area contributed by atoms with Gasteiger partial charge in [-0.05, 0) is 12.1 Å². The lowest BCUT2D eigenvalue weighted by atomic mass is 10.1. The maximum atomic E-state index is 14.3. The summed E-state index contributed by atoms with van der Waals surface area (Å²) in [5, 5.41) is 19.7. The maximum absolute atomic E-state index is 14.3. The topological polar surface area (TPSA) is 93.5 Å². The SMILES string of the molecule is OC[C@H]1O[C@@H](n2ccc3c(-c4ccoc4)ncnc32)[C@@H](F)[C@@H]1O. The largest absolute Gasteiger partial charge is 0.472 e. The number of aliphatic hydroxyl groups excluding tert-OH is 2. The summed E-state index contributed by atoms with van der Waals surface area (Å²) in [4.78, 5) is 8.44. The highest BCUT2D eigenvalue weighted by Gasteiger charge is 2.45. The lowest BCUT2D eigenvalue weighted by Crippen LogP contribution is -2.30. The smallest absolute Gasteiger partial charge is 0.173 e. The molecule has 1 aliphatic heterocycles. The third-order valence-corrected chi connectivity index (χ3v) is 4.05. The molecule has 0 amide bonds. The molecular weight excluding hydrogens is 305 g/mol. The number of ether oxygens (including phenoxy) is 1. The van der Waals surface area contributed by atoms with Crippen molar-refractivity contribution >= 4 is 11.0 Å². The number of furan rings is 1. The van der Waals surface area contributed by atoms with Crippen LogP contribution in [0.1, 0.15) is 6.23 Å². The van der Waals surface area contributed by atoms with Crippen molar-refractivity contribution in [3.05, 3.63) is 37.2 Å². The first-order valence-corrected chi connectivity index (χ1v) is 7.13. The molecule has 4 heterocycles. The van der Waals surface area contributed by atoms with Crippen LogP contribution in [0.4, 0.5) is 4.39 Å². The fraction of sp³-hybridized carbons (Fsp3) is 0.333. The summed E-state index contributed by atoms with van der Waals surface area (Å²) < 4.78 is 26.3. The highest BCUT2D eigenvalue weighted by Crippen LogP contribution is 2.35. The minimum Gasteiger partial charge on any atom is -0.472 e. The Hall–Kier alpha value is -2.29. The van der Waals surface area contributed by atoms with E-state index in [-0.39, 0.29) is 0 Å². The third-order valence-electron chi connectivity index (χ3n) is 4.05. The summed E-state index contributed by atoms with van der Waals surface area (Å²) >= 11 is 0. The van der Waals surface area contributed by atoms with Gasteiger partial charge in [-0.3, -0.25) is 0 Å². The van der Waals surface area contributed by atoms with Gasteiger partial charge in [0.2, 0.25) is 0 Å². The Kier molecular flexibility index (Phi) is 3.37. The molecule has 0 saturated carbocycles. The number of aromatic nitrogens is 3. The van der Waals surface area contributed by atoms with Crippen LogP contribution in [-0.2, 0) is 4.74 Å². The third kappa shape index (κ3) is 2.14. The number of halogens is 1. The van der Waals surface area contributed by atoms with Gasteiger partial charge in [0.15, 0.2) is 12.4 Å². The molecule has 8 heteroatoms. The van der Waals surface area contributed by atoms with E-state index in [0.717, 1.165) is 5.56 Å². The Balaban J connectivity index is 1.80. The number of fused-ring (bicyclic) bond motifs is 1. The van der Waals surface area contributed by atoms with Crippen molar-refractivity contribution in [2.45, 2.75) is 24.6 Å². The maximum Gasteiger partial charge on any atom is 0.173 e. The number of aliphatic hydroxyl groups is 2. The number of nitrogens with zero attached hydrogens (tertiary/aromatic N) is 3. The second kappa shape index (κ2) is 5.41. The van der Waals surface area contributed by atoms with E-state index < -0.39 is 31.2 Å². The van der Waals surface area contributed by atoms with Gasteiger partial charge < -0.3 is 23.9 Å². The Morgan fingerprint density at radius 2 is 2.17 bits per heavy atom. The Morgan fingerprint density at radius 1 is 1.30 bits per heavy atom. The predicted octanol–water partition coefficient (Wildman–Crippen LogP) is 1.28. The monoisotopic (exact) mass is 319 g/mol. The predicted molar refractivity (Wildman–Crippen MR) is 77.1 cm³/mol. The zero-order chi connectivity index (χ0) is 16.0. The average molecular weight is 319 g/mol. The van der Waals surface area contributed by atoms with Gasteiger partial charge in [-0.1, -0.05) is 0 Å². The first-order valence-electron chi connectivity index (χ1n) is 7.13. The average Bonchev–Trinajstić information content (AvgIpc) is 3.28. The summed E-state index contributed by atoms with van der Waals surface area (Å²) in [6, 6.07) is 3.53. The van der Waals surface area contributed by atoms with E-state index in [4.69, 9.17) is 14.3 Å². The van der Waals surface area contributed by atoms with E-state index in [1.807, 2.05) is 0 Å². The van der Waals surface area contributed by atoms with Gasteiger partial charge in [-0.25, -0.2) is 14.4 Å². The molecule has 0 bridgehead atoms. The van der Waals surface area contributed by atoms with Crippen LogP contribution in [-0.4, -0.2) is 49.7 Å². The fourth-order valence-corrected chi connectivity index (χ4v) is 2.88. The summed E-state index contributed by atoms with van der Waals surface area (Å²) in [5.41, 5.74) is 1.93. The molecule has 3 aromatic rings. The fourth-order valence-electron chi connectivity index (χ4n) is 2.88. The molecule has 2 N–H and O–H groups in total. The second-order valence-corrected chi connectivity index (χ2v) is 5.38. The summed E-state index contributed by atoms with van der Waals surface area (Å²) in [5.74, 6) is 0. The van der Waals surface area contributed by atoms with Gasteiger partial charge >= 0.3 is 0 Å². The van der Waals surface area contributed by atoms with Crippen molar-refractivity contribution in [2.75, 3.05) is 6.61 Å². The normalized spacial score (nSPS) is 27.8. The number of alkyl halides is 1. The zero-order valence-corrected chi connectivity index (χ0v) is 11.9. The van der Waals surface area contributed by atoms with Crippen molar-refractivity contribution in [2.24, 2.45) is 0 Å². The first kappa shape index (κ1) is 14.3. The molecule has 0 spiro atoms. The van der Waals surface area contributed by atoms with Crippen molar-refractivity contribution in [3.63, 3.8) is 0 Å². The van der Waals surface area contributed by atoms with E-state index >= 15 is 0 Å². The highest BCUT2D eigenvalue weighted by molar-refractivity contribution is 5.90. The molecule has 1 fully saturated rings. The van der Waals surface area contributed by atoms with Crippen LogP contribution in [0.15, 0.2) is 41.6 Å². The first-order chi connectivity index (χ1) is 11.2. The molecule has 120 valence electrons. The van der Waals surface area contributed by atoms with E-state index in [9.17, 15) is 9.50 Å². The van der Waals surface area contributed by atoms with Crippen LogP contribution in [0.25, 0.3) is 22.3 Å². The van der Waals surface area contributed by atoms with E-state index in [0.29, 0.717) is 16.7 Å². The Labute approximate surface area is 130 Å². The summed E-state index contributed by atoms with van der Waals surface area (Å²) in [7, 11) is 0. The Bertz CT molecular complexity index is 819. The molecule has 23 heavy (non-hydrogen) atoms. The molecule has 0 unspecified atom stereocenters. The highest BCUT2D eigenvalue weighted by atomic mass is 19.1. The molecule has 3 aromatic heterocycles. The van der Waals surface area contributed by atoms with E-state index in [1.165, 1.54) is 10.9 Å². The van der Waals surface area contributed by atoms with Crippen molar-refractivity contribution < 1.29 is 23.8 Å². The van der Waals surface area contributed by atoms with E-state index in [1.54, 1.807) is 30.9 Å². The second-order valence-electron chi connectivity index (χ2n) is 5.38. The molecule has 0 aromatic carbocycles. The van der Waals surface area contributed by atoms with Gasteiger partial charge in [-0.15, -0.1) is 0 Å². The van der Waals surface area contributed by atoms with Gasteiger partial charge in [0, 0.05) is 17.1 Å². The van der Waals surface area contributed by atoms with Gasteiger partial charge in [0.1, 0.15) is 24.2 Å². The lowest BCUT2D eigenvalue weighted by molar-refractivity contribution is -0.0457. The van der Waals surface area contributed by atoms with Crippen LogP contribution in [0.2, 0.25) is 0 Å². The van der Waals surface area contributed by atoms with Crippen molar-refractivity contribution in [3.8, 4) is 11.3 Å². The zero-order valence-electron chi connectivity index (χ0n) is 11.9. The van der Waals surface area contributed by atoms with Crippen LogP contribution < -0.4 is 0 Å². The molecular formula is C15H14FN3O4. The minimum absolute atomic E-state index is 0.452. The molecule has 4 rings (SSSR count). The van der Waals surface area contributed by atoms with Gasteiger partial charge in [0.25, 0.3) is 0 Å². The quantitative estimate of drug-likeness (QED) is 0.755. The van der Waals surface area contributed by atoms with Crippen LogP contribution in [0, 0.1) is 0 Å². The summed E-state index contributed by atoms with van der Waals surface area (Å²) in [6.07, 6.45) is 1.08. The molecule has 1 saturated heterocycles. The van der Waals surface area contributed by atoms with Crippen LogP contribution in [0.5, 0.6) is 0 Å². The van der Waals surface area contributed by atoms with Gasteiger partial charge in [-0.2, -0.15) is 0 Å². The van der Waals surface area contributed by atoms with Crippen LogP contribution in [0.3, 0.4) is 0 Å². The molecule has 1 aliphatic rings. The molecule has 7 nitrogen and oxygen atoms in total. The Morgan fingerprint density at radius 3 is 2.87 bits per heavy atom. The number of rotatable bonds is 3. The molecule has 0 aliphatic carbocycles. The number of hydrogen-bond acceptors (Lipinski definition) is 6. The molecule has 0 radical (unpaired) electrons. The number of hydrogen-bond donors (Lipinski definition) is 2. The van der Waals surface area contributed by atoms with Crippen molar-refractivity contribution in [1.29, 1.82) is 0 Å². The van der Waals surface area contributed by atoms with E-state index in [2.05, 4.69) is 9.97 Å². The van der Waals surface area contributed by atoms with Crippen molar-refractivity contribution in [1.82, 2.24) is 14.5 Å². The molecule has 4 atom stereocenters. The van der Waals surface area contributed by atoms with Gasteiger partial charge in [0.05, 0.1) is 24.8 Å². The standard InChI is InChI=1S/C15H14FN3O4/c16-11-13(21)10(5-20)23-15(11)19-3-1-9-12(8-2-4-22-6-8)17-7-18-14(9)19/h1-4,6-7,10-11,13,15,20-21H,5H2/t10-,11+,13-,15-/m1/s1.